The number of hydrogen-bond acceptors (Lipinski definition) is 7. The molecule has 186 valence electrons. The highest BCUT2D eigenvalue weighted by Gasteiger charge is 2.24. The molecule has 1 saturated heterocycles. The van der Waals surface area contributed by atoms with Crippen LogP contribution in [0.2, 0.25) is 5.15 Å². The number of nitrogens with one attached hydrogen (secondary N) is 3. The summed E-state index contributed by atoms with van der Waals surface area (Å²) >= 11 is 6.39. The van der Waals surface area contributed by atoms with Crippen molar-refractivity contribution >= 4 is 34.4 Å². The van der Waals surface area contributed by atoms with Crippen LogP contribution in [0.1, 0.15) is 25.7 Å². The molecule has 5 rings (SSSR count). The number of anilines is 1. The maximum Gasteiger partial charge on any atom is 0.234 e. The summed E-state index contributed by atoms with van der Waals surface area (Å²) in [6, 6.07) is 6.34. The third kappa shape index (κ3) is 5.86. The largest absolute Gasteiger partial charge is 0.495 e. The fourth-order valence-electron chi connectivity index (χ4n) is 4.89. The molecule has 3 N–H and O–H groups in total. The summed E-state index contributed by atoms with van der Waals surface area (Å²) in [5.41, 5.74) is 2.74. The number of carbonyl (C=O) groups is 1. The van der Waals surface area contributed by atoms with Crippen LogP contribution in [0.5, 0.6) is 5.75 Å². The maximum atomic E-state index is 12.4. The van der Waals surface area contributed by atoms with Gasteiger partial charge in [0, 0.05) is 42.3 Å². The van der Waals surface area contributed by atoms with Crippen LogP contribution in [0.4, 0.5) is 5.82 Å². The highest BCUT2D eigenvalue weighted by Crippen LogP contribution is 2.33. The van der Waals surface area contributed by atoms with Gasteiger partial charge >= 0.3 is 0 Å². The Balaban J connectivity index is 1.19. The molecule has 0 radical (unpaired) electrons. The Hall–Kier alpha value is -2.88. The number of aromatic amines is 1. The van der Waals surface area contributed by atoms with Gasteiger partial charge in [-0.05, 0) is 49.4 Å². The standard InChI is InChI=1S/C25H31ClN6O3/c1-34-19-12-20-21(14-28-25(20)27-13-19)16-10-22(26)31-23(11-16)29-17-2-4-18(5-3-17)30-24(33)15-32-6-8-35-9-7-32/h10-14,17-18H,2-9,15H2,1H3,(H,27,28)(H,29,31)(H,30,33)/t17-,18-. The fourth-order valence-corrected chi connectivity index (χ4v) is 5.10. The second-order valence-electron chi connectivity index (χ2n) is 9.19. The molecule has 2 fully saturated rings. The predicted octanol–water partition coefficient (Wildman–Crippen LogP) is 3.46. The Kier molecular flexibility index (Phi) is 7.36. The Bertz CT molecular complexity index is 1170. The number of carbonyl (C=O) groups excluding carboxylic acids is 1. The lowest BCUT2D eigenvalue weighted by Crippen LogP contribution is -2.47. The predicted molar refractivity (Wildman–Crippen MR) is 136 cm³/mol. The van der Waals surface area contributed by atoms with E-state index in [-0.39, 0.29) is 18.0 Å². The fraction of sp³-hybridized carbons (Fsp3) is 0.480. The van der Waals surface area contributed by atoms with Gasteiger partial charge in [0.2, 0.25) is 5.91 Å². The molecule has 0 spiro atoms. The number of rotatable bonds is 7. The third-order valence-electron chi connectivity index (χ3n) is 6.76. The maximum absolute atomic E-state index is 12.4. The highest BCUT2D eigenvalue weighted by molar-refractivity contribution is 6.29. The van der Waals surface area contributed by atoms with Crippen LogP contribution in [0.25, 0.3) is 22.2 Å². The molecule has 0 atom stereocenters. The first-order valence-electron chi connectivity index (χ1n) is 12.1. The first kappa shape index (κ1) is 23.8. The first-order valence-corrected chi connectivity index (χ1v) is 12.5. The zero-order chi connectivity index (χ0) is 24.2. The lowest BCUT2D eigenvalue weighted by molar-refractivity contribution is -0.124. The minimum absolute atomic E-state index is 0.106. The second-order valence-corrected chi connectivity index (χ2v) is 9.57. The van der Waals surface area contributed by atoms with E-state index in [1.165, 1.54) is 0 Å². The van der Waals surface area contributed by atoms with E-state index in [1.54, 1.807) is 13.3 Å². The summed E-state index contributed by atoms with van der Waals surface area (Å²) in [6.07, 6.45) is 7.41. The lowest BCUT2D eigenvalue weighted by Gasteiger charge is -2.31. The quantitative estimate of drug-likeness (QED) is 0.428. The third-order valence-corrected chi connectivity index (χ3v) is 6.96. The number of ether oxygens (including phenoxy) is 2. The molecule has 1 aliphatic carbocycles. The molecule has 1 aliphatic heterocycles. The van der Waals surface area contributed by atoms with Crippen LogP contribution in [-0.4, -0.2) is 77.8 Å². The summed E-state index contributed by atoms with van der Waals surface area (Å²) in [6.45, 7) is 3.50. The van der Waals surface area contributed by atoms with Gasteiger partial charge in [-0.15, -0.1) is 0 Å². The molecule has 0 unspecified atom stereocenters. The van der Waals surface area contributed by atoms with Crippen molar-refractivity contribution in [2.45, 2.75) is 37.8 Å². The molecule has 3 aromatic heterocycles. The van der Waals surface area contributed by atoms with Crippen LogP contribution in [0, 0.1) is 0 Å². The van der Waals surface area contributed by atoms with Crippen LogP contribution in [0.15, 0.2) is 30.6 Å². The van der Waals surface area contributed by atoms with Crippen molar-refractivity contribution in [2.24, 2.45) is 0 Å². The number of fused-ring (bicyclic) bond motifs is 1. The van der Waals surface area contributed by atoms with E-state index in [2.05, 4.69) is 30.5 Å². The number of methoxy groups -OCH3 is 1. The van der Waals surface area contributed by atoms with Crippen molar-refractivity contribution in [3.8, 4) is 16.9 Å². The molecule has 2 aliphatic rings. The van der Waals surface area contributed by atoms with E-state index in [1.807, 2.05) is 24.4 Å². The molecular weight excluding hydrogens is 468 g/mol. The van der Waals surface area contributed by atoms with Gasteiger partial charge in [0.05, 0.1) is 33.1 Å². The van der Waals surface area contributed by atoms with E-state index in [4.69, 9.17) is 21.1 Å². The normalized spacial score (nSPS) is 21.1. The van der Waals surface area contributed by atoms with E-state index in [0.717, 1.165) is 66.8 Å². The van der Waals surface area contributed by atoms with Crippen molar-refractivity contribution in [3.05, 3.63) is 35.7 Å². The minimum atomic E-state index is 0.106. The van der Waals surface area contributed by atoms with Crippen LogP contribution in [0.3, 0.4) is 0 Å². The highest BCUT2D eigenvalue weighted by atomic mass is 35.5. The molecule has 35 heavy (non-hydrogen) atoms. The topological polar surface area (TPSA) is 104 Å². The molecule has 4 heterocycles. The van der Waals surface area contributed by atoms with Crippen molar-refractivity contribution in [2.75, 3.05) is 45.3 Å². The summed E-state index contributed by atoms with van der Waals surface area (Å²) in [5.74, 6) is 1.55. The Morgan fingerprint density at radius 3 is 2.74 bits per heavy atom. The summed E-state index contributed by atoms with van der Waals surface area (Å²) in [5, 5.41) is 8.16. The molecule has 9 nitrogen and oxygen atoms in total. The zero-order valence-corrected chi connectivity index (χ0v) is 20.6. The first-order chi connectivity index (χ1) is 17.1. The zero-order valence-electron chi connectivity index (χ0n) is 19.8. The molecule has 1 amide bonds. The molecule has 10 heteroatoms. The number of halogens is 1. The Morgan fingerprint density at radius 2 is 1.97 bits per heavy atom. The average molecular weight is 499 g/mol. The molecule has 3 aromatic rings. The van der Waals surface area contributed by atoms with Crippen molar-refractivity contribution < 1.29 is 14.3 Å². The van der Waals surface area contributed by atoms with Gasteiger partial charge in [0.15, 0.2) is 0 Å². The summed E-state index contributed by atoms with van der Waals surface area (Å²) in [4.78, 5) is 26.7. The SMILES string of the molecule is COc1cnc2[nH]cc(-c3cc(Cl)nc(N[C@H]4CC[C@H](NC(=O)CN5CCOCC5)CC4)c3)c2c1. The Labute approximate surface area is 209 Å². The number of amides is 1. The molecule has 0 bridgehead atoms. The number of morpholine rings is 1. The number of H-pyrrole nitrogens is 1. The number of nitrogens with zero attached hydrogens (tertiary/aromatic N) is 3. The lowest BCUT2D eigenvalue weighted by atomic mass is 9.91. The monoisotopic (exact) mass is 498 g/mol. The van der Waals surface area contributed by atoms with Gasteiger partial charge in [0.1, 0.15) is 22.4 Å². The van der Waals surface area contributed by atoms with Crippen molar-refractivity contribution in [1.82, 2.24) is 25.2 Å². The van der Waals surface area contributed by atoms with E-state index in [0.29, 0.717) is 30.7 Å². The summed E-state index contributed by atoms with van der Waals surface area (Å²) in [7, 11) is 1.63. The minimum Gasteiger partial charge on any atom is -0.495 e. The van der Waals surface area contributed by atoms with Gasteiger partial charge in [-0.3, -0.25) is 9.69 Å². The number of pyridine rings is 2. The second kappa shape index (κ2) is 10.8. The molecule has 0 aromatic carbocycles. The van der Waals surface area contributed by atoms with Crippen LogP contribution < -0.4 is 15.4 Å². The van der Waals surface area contributed by atoms with E-state index < -0.39 is 0 Å². The van der Waals surface area contributed by atoms with Crippen LogP contribution in [-0.2, 0) is 9.53 Å². The molecule has 1 saturated carbocycles. The number of hydrogen-bond donors (Lipinski definition) is 3. The Morgan fingerprint density at radius 1 is 1.20 bits per heavy atom. The van der Waals surface area contributed by atoms with E-state index in [9.17, 15) is 4.79 Å². The van der Waals surface area contributed by atoms with Gasteiger partial charge in [-0.25, -0.2) is 9.97 Å². The smallest absolute Gasteiger partial charge is 0.234 e. The van der Waals surface area contributed by atoms with E-state index >= 15 is 0 Å². The van der Waals surface area contributed by atoms with Gasteiger partial charge < -0.3 is 25.1 Å². The summed E-state index contributed by atoms with van der Waals surface area (Å²) < 4.78 is 10.7. The average Bonchev–Trinajstić information content (AvgIpc) is 3.29. The number of aromatic nitrogens is 3. The van der Waals surface area contributed by atoms with Gasteiger partial charge in [-0.1, -0.05) is 11.6 Å². The molecular formula is C25H31ClN6O3. The van der Waals surface area contributed by atoms with Crippen molar-refractivity contribution in [3.63, 3.8) is 0 Å². The van der Waals surface area contributed by atoms with Gasteiger partial charge in [0.25, 0.3) is 0 Å². The van der Waals surface area contributed by atoms with Crippen LogP contribution >= 0.6 is 11.6 Å². The van der Waals surface area contributed by atoms with Crippen molar-refractivity contribution in [1.29, 1.82) is 0 Å². The van der Waals surface area contributed by atoms with Gasteiger partial charge in [-0.2, -0.15) is 0 Å².